The molecule has 0 bridgehead atoms. The lowest BCUT2D eigenvalue weighted by Gasteiger charge is -2.23. The minimum atomic E-state index is -1.12. The van der Waals surface area contributed by atoms with E-state index in [4.69, 9.17) is 0 Å². The predicted octanol–water partition coefficient (Wildman–Crippen LogP) is 3.02. The van der Waals surface area contributed by atoms with Gasteiger partial charge in [-0.15, -0.1) is 0 Å². The molecule has 0 saturated carbocycles. The van der Waals surface area contributed by atoms with E-state index in [2.05, 4.69) is 12.0 Å². The molecule has 0 radical (unpaired) electrons. The zero-order valence-corrected chi connectivity index (χ0v) is 15.4. The second-order valence-corrected chi connectivity index (χ2v) is 6.63. The van der Waals surface area contributed by atoms with Crippen LogP contribution in [0.25, 0.3) is 0 Å². The van der Waals surface area contributed by atoms with Crippen LogP contribution in [-0.2, 0) is 11.3 Å². The van der Waals surface area contributed by atoms with Crippen LogP contribution in [0.2, 0.25) is 0 Å². The molecule has 8 nitrogen and oxygen atoms in total. The first-order valence-electron chi connectivity index (χ1n) is 8.80. The molecule has 2 aromatic rings. The van der Waals surface area contributed by atoms with Crippen LogP contribution in [0.15, 0.2) is 66.9 Å². The zero-order valence-electron chi connectivity index (χ0n) is 15.4. The van der Waals surface area contributed by atoms with Crippen molar-refractivity contribution in [1.82, 2.24) is 10.4 Å². The highest BCUT2D eigenvalue weighted by atomic mass is 16.6. The molecule has 144 valence electrons. The van der Waals surface area contributed by atoms with E-state index in [1.807, 2.05) is 42.5 Å². The van der Waals surface area contributed by atoms with Gasteiger partial charge in [0.15, 0.2) is 0 Å². The quantitative estimate of drug-likeness (QED) is 0.600. The fourth-order valence-corrected chi connectivity index (χ4v) is 3.45. The van der Waals surface area contributed by atoms with Gasteiger partial charge in [-0.25, -0.2) is 0 Å². The number of hydrogen-bond donors (Lipinski definition) is 1. The molecule has 1 saturated heterocycles. The van der Waals surface area contributed by atoms with Crippen molar-refractivity contribution in [1.29, 1.82) is 10.5 Å². The summed E-state index contributed by atoms with van der Waals surface area (Å²) in [6.45, 7) is 4.22. The Labute approximate surface area is 167 Å². The number of carbonyl (C=O) groups is 1. The fourth-order valence-electron chi connectivity index (χ4n) is 3.45. The molecule has 2 atom stereocenters. The number of amides is 1. The van der Waals surface area contributed by atoms with Crippen molar-refractivity contribution in [2.24, 2.45) is 11.8 Å². The average molecular weight is 387 g/mol. The number of nitro benzene ring substituents is 1. The first-order valence-corrected chi connectivity index (χ1v) is 8.80. The van der Waals surface area contributed by atoms with Crippen molar-refractivity contribution in [2.75, 3.05) is 0 Å². The van der Waals surface area contributed by atoms with Gasteiger partial charge in [-0.05, 0) is 11.1 Å². The zero-order chi connectivity index (χ0) is 21.0. The predicted molar refractivity (Wildman–Crippen MR) is 103 cm³/mol. The summed E-state index contributed by atoms with van der Waals surface area (Å²) in [6.07, 6.45) is 0. The van der Waals surface area contributed by atoms with Gasteiger partial charge in [0, 0.05) is 23.7 Å². The Hall–Kier alpha value is -4.17. The van der Waals surface area contributed by atoms with Crippen LogP contribution >= 0.6 is 0 Å². The summed E-state index contributed by atoms with van der Waals surface area (Å²) < 4.78 is 0. The monoisotopic (exact) mass is 387 g/mol. The Morgan fingerprint density at radius 2 is 1.76 bits per heavy atom. The smallest absolute Gasteiger partial charge is 0.269 e. The maximum Gasteiger partial charge on any atom is 0.269 e. The van der Waals surface area contributed by atoms with Gasteiger partial charge < -0.3 is 0 Å². The molecule has 1 aliphatic heterocycles. The first-order chi connectivity index (χ1) is 14.0. The summed E-state index contributed by atoms with van der Waals surface area (Å²) >= 11 is 0. The van der Waals surface area contributed by atoms with Gasteiger partial charge >= 0.3 is 0 Å². The lowest BCUT2D eigenvalue weighted by molar-refractivity contribution is -0.384. The van der Waals surface area contributed by atoms with E-state index in [1.165, 1.54) is 29.3 Å². The van der Waals surface area contributed by atoms with E-state index in [9.17, 15) is 25.4 Å². The van der Waals surface area contributed by atoms with Crippen molar-refractivity contribution < 1.29 is 9.72 Å². The van der Waals surface area contributed by atoms with Crippen LogP contribution in [0, 0.1) is 44.6 Å². The van der Waals surface area contributed by atoms with Crippen LogP contribution < -0.4 is 5.43 Å². The highest BCUT2D eigenvalue weighted by Gasteiger charge is 2.44. The fraction of sp³-hybridized carbons (Fsp3) is 0.190. The number of non-ortho nitro benzene ring substituents is 1. The van der Waals surface area contributed by atoms with Crippen LogP contribution in [0.5, 0.6) is 0 Å². The molecule has 2 aromatic carbocycles. The number of hydrazine groups is 1. The third-order valence-electron chi connectivity index (χ3n) is 4.85. The summed E-state index contributed by atoms with van der Waals surface area (Å²) in [5.74, 6) is -3.08. The molecule has 3 rings (SSSR count). The van der Waals surface area contributed by atoms with Crippen LogP contribution in [0.3, 0.4) is 0 Å². The second-order valence-electron chi connectivity index (χ2n) is 6.63. The molecule has 1 fully saturated rings. The number of carbonyl (C=O) groups excluding carboxylic acids is 1. The van der Waals surface area contributed by atoms with Gasteiger partial charge in [0.25, 0.3) is 11.6 Å². The Balaban J connectivity index is 1.94. The molecule has 2 unspecified atom stereocenters. The van der Waals surface area contributed by atoms with Crippen LogP contribution in [0.4, 0.5) is 5.69 Å². The van der Waals surface area contributed by atoms with E-state index < -0.39 is 22.7 Å². The third kappa shape index (κ3) is 3.92. The third-order valence-corrected chi connectivity index (χ3v) is 4.85. The van der Waals surface area contributed by atoms with Crippen molar-refractivity contribution >= 4 is 11.6 Å². The molecular weight excluding hydrogens is 370 g/mol. The summed E-state index contributed by atoms with van der Waals surface area (Å²) in [4.78, 5) is 23.5. The van der Waals surface area contributed by atoms with Crippen LogP contribution in [0.1, 0.15) is 17.0 Å². The topological polar surface area (TPSA) is 123 Å². The lowest BCUT2D eigenvalue weighted by atomic mass is 9.76. The molecule has 0 aromatic heterocycles. The standard InChI is InChI=1S/C21H17N5O3/c1-14-19(21(27)25(24-14)13-15-5-3-2-4-6-15)20(17(11-22)12-23)16-7-9-18(10-8-16)26(28)29/h2-10,17,19-20,24H,1,13H2. The second kappa shape index (κ2) is 8.24. The van der Waals surface area contributed by atoms with E-state index in [-0.39, 0.29) is 11.6 Å². The van der Waals surface area contributed by atoms with Gasteiger partial charge in [0.1, 0.15) is 5.92 Å². The first kappa shape index (κ1) is 19.6. The molecule has 1 N–H and O–H groups in total. The minimum Gasteiger partial charge on any atom is -0.300 e. The van der Waals surface area contributed by atoms with E-state index in [0.29, 0.717) is 17.8 Å². The van der Waals surface area contributed by atoms with Gasteiger partial charge in [-0.2, -0.15) is 10.5 Å². The Morgan fingerprint density at radius 3 is 2.31 bits per heavy atom. The molecular formula is C21H17N5O3. The molecule has 1 aliphatic rings. The Kier molecular flexibility index (Phi) is 5.56. The van der Waals surface area contributed by atoms with Gasteiger partial charge in [-0.3, -0.25) is 25.3 Å². The number of nitriles is 2. The van der Waals surface area contributed by atoms with Crippen LogP contribution in [-0.4, -0.2) is 15.8 Å². The highest BCUT2D eigenvalue weighted by Crippen LogP contribution is 2.39. The molecule has 8 heteroatoms. The number of nitrogens with one attached hydrogen (secondary N) is 1. The summed E-state index contributed by atoms with van der Waals surface area (Å²) in [6, 6.07) is 18.8. The summed E-state index contributed by atoms with van der Waals surface area (Å²) in [5, 5.41) is 31.3. The van der Waals surface area contributed by atoms with Gasteiger partial charge in [-0.1, -0.05) is 49.0 Å². The van der Waals surface area contributed by atoms with Gasteiger partial charge in [0.05, 0.1) is 29.5 Å². The molecule has 1 amide bonds. The lowest BCUT2D eigenvalue weighted by Crippen LogP contribution is -2.34. The van der Waals surface area contributed by atoms with Crippen molar-refractivity contribution in [3.63, 3.8) is 0 Å². The van der Waals surface area contributed by atoms with Crippen molar-refractivity contribution in [3.05, 3.63) is 88.1 Å². The molecule has 0 spiro atoms. The SMILES string of the molecule is C=C1NN(Cc2ccccc2)C(=O)C1C(c1ccc([N+](=O)[O-])cc1)C(C#N)C#N. The largest absolute Gasteiger partial charge is 0.300 e. The number of rotatable bonds is 6. The number of nitrogens with zero attached hydrogens (tertiary/aromatic N) is 4. The van der Waals surface area contributed by atoms with E-state index in [0.717, 1.165) is 5.56 Å². The van der Waals surface area contributed by atoms with Crippen molar-refractivity contribution in [3.8, 4) is 12.1 Å². The maximum atomic E-state index is 13.1. The molecule has 1 heterocycles. The molecule has 29 heavy (non-hydrogen) atoms. The minimum absolute atomic E-state index is 0.113. The van der Waals surface area contributed by atoms with E-state index in [1.54, 1.807) is 0 Å². The Morgan fingerprint density at radius 1 is 1.14 bits per heavy atom. The summed E-state index contributed by atoms with van der Waals surface area (Å²) in [7, 11) is 0. The normalized spacial score (nSPS) is 16.8. The number of nitro groups is 1. The van der Waals surface area contributed by atoms with Gasteiger partial charge in [0.2, 0.25) is 0 Å². The average Bonchev–Trinajstić information content (AvgIpc) is 3.00. The summed E-state index contributed by atoms with van der Waals surface area (Å²) in [5.41, 5.74) is 4.61. The number of benzene rings is 2. The highest BCUT2D eigenvalue weighted by molar-refractivity contribution is 5.85. The van der Waals surface area contributed by atoms with Crippen molar-refractivity contribution in [2.45, 2.75) is 12.5 Å². The van der Waals surface area contributed by atoms with E-state index >= 15 is 0 Å². The Bertz CT molecular complexity index is 1010. The maximum absolute atomic E-state index is 13.1. The number of hydrogen-bond acceptors (Lipinski definition) is 6. The molecule has 0 aliphatic carbocycles.